The molecule has 23 heavy (non-hydrogen) atoms. The summed E-state index contributed by atoms with van der Waals surface area (Å²) in [6.45, 7) is 0. The second-order valence-corrected chi connectivity index (χ2v) is 9.04. The Balaban J connectivity index is 1.72. The van der Waals surface area contributed by atoms with Crippen LogP contribution in [0, 0.1) is 0 Å². The van der Waals surface area contributed by atoms with Crippen LogP contribution in [0.2, 0.25) is 0 Å². The molecule has 0 aliphatic heterocycles. The lowest BCUT2D eigenvalue weighted by atomic mass is 9.88. The lowest BCUT2D eigenvalue weighted by Gasteiger charge is -2.37. The Morgan fingerprint density at radius 1 is 0.870 bits per heavy atom. The molecule has 5 heteroatoms. The van der Waals surface area contributed by atoms with E-state index in [-0.39, 0.29) is 12.1 Å². The third kappa shape index (κ3) is 3.47. The quantitative estimate of drug-likeness (QED) is 0.848. The van der Waals surface area contributed by atoms with Gasteiger partial charge in [0.25, 0.3) is 10.2 Å². The first-order valence-corrected chi connectivity index (χ1v) is 10.2. The zero-order chi connectivity index (χ0) is 16.4. The number of rotatable bonds is 4. The Morgan fingerprint density at radius 2 is 1.48 bits per heavy atom. The molecule has 4 nitrogen and oxygen atoms in total. The highest BCUT2D eigenvalue weighted by molar-refractivity contribution is 7.86. The summed E-state index contributed by atoms with van der Waals surface area (Å²) in [5.74, 6) is 0. The molecule has 1 fully saturated rings. The molecular weight excluding hydrogens is 308 g/mol. The molecule has 1 saturated carbocycles. The Hall–Kier alpha value is -0.910. The number of nitrogens with zero attached hydrogens (tertiary/aromatic N) is 2. The fourth-order valence-corrected chi connectivity index (χ4v) is 5.56. The van der Waals surface area contributed by atoms with Crippen LogP contribution in [0.3, 0.4) is 0 Å². The van der Waals surface area contributed by atoms with Gasteiger partial charge < -0.3 is 0 Å². The smallest absolute Gasteiger partial charge is 0.195 e. The van der Waals surface area contributed by atoms with Crippen molar-refractivity contribution >= 4 is 10.2 Å². The molecule has 0 unspecified atom stereocenters. The van der Waals surface area contributed by atoms with Gasteiger partial charge in [-0.2, -0.15) is 17.0 Å². The van der Waals surface area contributed by atoms with Crippen molar-refractivity contribution in [1.29, 1.82) is 0 Å². The largest absolute Gasteiger partial charge is 0.281 e. The second kappa shape index (κ2) is 6.91. The van der Waals surface area contributed by atoms with Crippen molar-refractivity contribution in [2.75, 3.05) is 14.1 Å². The van der Waals surface area contributed by atoms with Gasteiger partial charge in [-0.15, -0.1) is 0 Å². The molecule has 1 aromatic carbocycles. The van der Waals surface area contributed by atoms with Crippen molar-refractivity contribution in [2.45, 2.75) is 63.5 Å². The number of fused-ring (bicyclic) bond motifs is 1. The molecule has 3 rings (SSSR count). The predicted molar refractivity (Wildman–Crippen MR) is 93.6 cm³/mol. The summed E-state index contributed by atoms with van der Waals surface area (Å²) in [4.78, 5) is 0. The third-order valence-corrected chi connectivity index (χ3v) is 7.70. The maximum absolute atomic E-state index is 13.0. The monoisotopic (exact) mass is 336 g/mol. The summed E-state index contributed by atoms with van der Waals surface area (Å²) >= 11 is 0. The molecular formula is C18H28N2O2S. The highest BCUT2D eigenvalue weighted by Crippen LogP contribution is 2.28. The van der Waals surface area contributed by atoms with Gasteiger partial charge >= 0.3 is 0 Å². The molecule has 0 spiro atoms. The Bertz CT molecular complexity index is 638. The van der Waals surface area contributed by atoms with E-state index in [1.807, 2.05) is 6.07 Å². The van der Waals surface area contributed by atoms with Gasteiger partial charge in [-0.1, -0.05) is 43.5 Å². The fraction of sp³-hybridized carbons (Fsp3) is 0.667. The van der Waals surface area contributed by atoms with Crippen LogP contribution in [0.5, 0.6) is 0 Å². The summed E-state index contributed by atoms with van der Waals surface area (Å²) in [5.41, 5.74) is 2.67. The molecule has 0 heterocycles. The van der Waals surface area contributed by atoms with E-state index in [9.17, 15) is 8.42 Å². The molecule has 128 valence electrons. The van der Waals surface area contributed by atoms with Crippen LogP contribution >= 0.6 is 0 Å². The van der Waals surface area contributed by atoms with Crippen LogP contribution in [0.25, 0.3) is 0 Å². The van der Waals surface area contributed by atoms with Gasteiger partial charge in [0.1, 0.15) is 0 Å². The van der Waals surface area contributed by atoms with E-state index in [1.54, 1.807) is 22.7 Å². The minimum atomic E-state index is -3.37. The molecule has 0 aromatic heterocycles. The maximum atomic E-state index is 13.0. The van der Waals surface area contributed by atoms with Crippen LogP contribution in [0.15, 0.2) is 24.3 Å². The molecule has 0 bridgehead atoms. The van der Waals surface area contributed by atoms with Gasteiger partial charge in [-0.25, -0.2) is 0 Å². The van der Waals surface area contributed by atoms with Crippen LogP contribution < -0.4 is 0 Å². The SMILES string of the molecule is CN(C1CCCCC1)S(=O)(=O)N(C)[C@H]1CCc2ccccc2C1. The number of hydrogen-bond acceptors (Lipinski definition) is 2. The van der Waals surface area contributed by atoms with Gasteiger partial charge in [0.15, 0.2) is 0 Å². The van der Waals surface area contributed by atoms with Crippen LogP contribution in [0.1, 0.15) is 49.7 Å². The molecule has 0 amide bonds. The minimum Gasteiger partial charge on any atom is -0.195 e. The average molecular weight is 337 g/mol. The van der Waals surface area contributed by atoms with Crippen molar-refractivity contribution in [3.8, 4) is 0 Å². The average Bonchev–Trinajstić information content (AvgIpc) is 2.60. The van der Waals surface area contributed by atoms with Crippen molar-refractivity contribution in [1.82, 2.24) is 8.61 Å². The van der Waals surface area contributed by atoms with Gasteiger partial charge in [0.2, 0.25) is 0 Å². The van der Waals surface area contributed by atoms with Crippen LogP contribution in [-0.4, -0.2) is 43.2 Å². The lowest BCUT2D eigenvalue weighted by Crippen LogP contribution is -2.50. The Kier molecular flexibility index (Phi) is 5.09. The number of benzene rings is 1. The number of likely N-dealkylation sites (N-methyl/N-ethyl adjacent to an activating group) is 1. The zero-order valence-corrected chi connectivity index (χ0v) is 15.1. The van der Waals surface area contributed by atoms with Crippen molar-refractivity contribution < 1.29 is 8.42 Å². The first-order chi connectivity index (χ1) is 11.0. The summed E-state index contributed by atoms with van der Waals surface area (Å²) in [6, 6.07) is 8.65. The Morgan fingerprint density at radius 3 is 2.17 bits per heavy atom. The van der Waals surface area contributed by atoms with E-state index in [1.165, 1.54) is 17.5 Å². The van der Waals surface area contributed by atoms with E-state index >= 15 is 0 Å². The normalized spacial score (nSPS) is 23.2. The van der Waals surface area contributed by atoms with Crippen molar-refractivity contribution in [3.05, 3.63) is 35.4 Å². The molecule has 1 aromatic rings. The van der Waals surface area contributed by atoms with E-state index in [0.717, 1.165) is 44.9 Å². The van der Waals surface area contributed by atoms with E-state index < -0.39 is 10.2 Å². The molecule has 0 N–H and O–H groups in total. The number of aryl methyl sites for hydroxylation is 1. The van der Waals surface area contributed by atoms with E-state index in [2.05, 4.69) is 18.2 Å². The molecule has 0 radical (unpaired) electrons. The Labute approximate surface area is 140 Å². The molecule has 1 atom stereocenters. The third-order valence-electron chi connectivity index (χ3n) is 5.65. The van der Waals surface area contributed by atoms with Crippen molar-refractivity contribution in [2.24, 2.45) is 0 Å². The summed E-state index contributed by atoms with van der Waals surface area (Å²) in [7, 11) is 0.146. The second-order valence-electron chi connectivity index (χ2n) is 7.00. The van der Waals surface area contributed by atoms with Gasteiger partial charge in [-0.3, -0.25) is 0 Å². The minimum absolute atomic E-state index is 0.0703. The maximum Gasteiger partial charge on any atom is 0.281 e. The van der Waals surface area contributed by atoms with Crippen LogP contribution in [0.4, 0.5) is 0 Å². The predicted octanol–water partition coefficient (Wildman–Crippen LogP) is 2.99. The van der Waals surface area contributed by atoms with E-state index in [0.29, 0.717) is 0 Å². The highest BCUT2D eigenvalue weighted by Gasteiger charge is 2.35. The zero-order valence-electron chi connectivity index (χ0n) is 14.2. The molecule has 0 saturated heterocycles. The van der Waals surface area contributed by atoms with Gasteiger partial charge in [0.05, 0.1) is 0 Å². The van der Waals surface area contributed by atoms with Crippen LogP contribution in [-0.2, 0) is 23.1 Å². The molecule has 2 aliphatic rings. The summed E-state index contributed by atoms with van der Waals surface area (Å²) < 4.78 is 29.2. The standard InChI is InChI=1S/C18H28N2O2S/c1-19(17-10-4-3-5-11-17)23(21,22)20(2)18-13-12-15-8-6-7-9-16(15)14-18/h6-9,17-18H,3-5,10-14H2,1-2H3/t18-/m0/s1. The first-order valence-electron chi connectivity index (χ1n) is 8.78. The summed E-state index contributed by atoms with van der Waals surface area (Å²) in [5, 5.41) is 0. The number of hydrogen-bond donors (Lipinski definition) is 0. The van der Waals surface area contributed by atoms with Gasteiger partial charge in [-0.05, 0) is 43.2 Å². The van der Waals surface area contributed by atoms with Gasteiger partial charge in [0, 0.05) is 26.2 Å². The first kappa shape index (κ1) is 16.9. The summed E-state index contributed by atoms with van der Waals surface area (Å²) in [6.07, 6.45) is 8.22. The highest BCUT2D eigenvalue weighted by atomic mass is 32.2. The molecule has 2 aliphatic carbocycles. The lowest BCUT2D eigenvalue weighted by molar-refractivity contribution is 0.250. The topological polar surface area (TPSA) is 40.6 Å². The fourth-order valence-electron chi connectivity index (χ4n) is 4.01. The van der Waals surface area contributed by atoms with Crippen molar-refractivity contribution in [3.63, 3.8) is 0 Å². The van der Waals surface area contributed by atoms with E-state index in [4.69, 9.17) is 0 Å².